The first-order valence-corrected chi connectivity index (χ1v) is 11.3. The van der Waals surface area contributed by atoms with Crippen LogP contribution in [0.4, 0.5) is 13.9 Å². The highest BCUT2D eigenvalue weighted by Crippen LogP contribution is 2.32. The first-order chi connectivity index (χ1) is 16.0. The minimum atomic E-state index is -0.822. The van der Waals surface area contributed by atoms with E-state index < -0.39 is 23.2 Å². The fraction of sp³-hybridized carbons (Fsp3) is 0.217. The molecule has 4 aromatic rings. The first kappa shape index (κ1) is 21.2. The molecule has 3 heterocycles. The molecule has 5 rings (SSSR count). The van der Waals surface area contributed by atoms with Gasteiger partial charge in [0.1, 0.15) is 23.5 Å². The Bertz CT molecular complexity index is 1390. The summed E-state index contributed by atoms with van der Waals surface area (Å²) in [6.07, 6.45) is 1.49. The largest absolute Gasteiger partial charge is 0.350 e. The van der Waals surface area contributed by atoms with Gasteiger partial charge in [-0.15, -0.1) is 0 Å². The third-order valence-corrected chi connectivity index (χ3v) is 6.54. The molecule has 0 radical (unpaired) electrons. The highest BCUT2D eigenvalue weighted by molar-refractivity contribution is 7.21. The number of amides is 1. The van der Waals surface area contributed by atoms with Crippen LogP contribution in [0, 0.1) is 11.6 Å². The molecule has 33 heavy (non-hydrogen) atoms. The summed E-state index contributed by atoms with van der Waals surface area (Å²) in [7, 11) is 0. The Morgan fingerprint density at radius 3 is 2.79 bits per heavy atom. The topological polar surface area (TPSA) is 91.0 Å². The van der Waals surface area contributed by atoms with Gasteiger partial charge in [-0.2, -0.15) is 0 Å². The molecule has 0 spiro atoms. The molecule has 168 valence electrons. The monoisotopic (exact) mass is 467 g/mol. The normalized spacial score (nSPS) is 15.8. The fourth-order valence-electron chi connectivity index (χ4n) is 3.92. The predicted octanol–water partition coefficient (Wildman–Crippen LogP) is 3.61. The van der Waals surface area contributed by atoms with Crippen LogP contribution < -0.4 is 15.8 Å². The molecule has 0 saturated carbocycles. The number of H-pyrrole nitrogens is 1. The van der Waals surface area contributed by atoms with Gasteiger partial charge < -0.3 is 15.2 Å². The number of aromatic nitrogens is 3. The number of nitrogens with zero attached hydrogens (tertiary/aromatic N) is 3. The maximum atomic E-state index is 14.2. The molecule has 2 aromatic carbocycles. The summed E-state index contributed by atoms with van der Waals surface area (Å²) in [6, 6.07) is 12.3. The van der Waals surface area contributed by atoms with Crippen molar-refractivity contribution in [1.29, 1.82) is 0 Å². The molecule has 1 aliphatic heterocycles. The second kappa shape index (κ2) is 8.70. The minimum absolute atomic E-state index is 0.00113. The third kappa shape index (κ3) is 4.21. The molecular weight excluding hydrogens is 448 g/mol. The van der Waals surface area contributed by atoms with Gasteiger partial charge in [0.15, 0.2) is 15.5 Å². The summed E-state index contributed by atoms with van der Waals surface area (Å²) in [5, 5.41) is 3.48. The Kier molecular flexibility index (Phi) is 5.59. The van der Waals surface area contributed by atoms with Crippen molar-refractivity contribution in [2.45, 2.75) is 25.4 Å². The number of anilines is 1. The summed E-state index contributed by atoms with van der Waals surface area (Å²) in [4.78, 5) is 39.0. The zero-order chi connectivity index (χ0) is 22.9. The van der Waals surface area contributed by atoms with Gasteiger partial charge in [-0.05, 0) is 30.5 Å². The Morgan fingerprint density at radius 2 is 2.00 bits per heavy atom. The smallest absolute Gasteiger partial charge is 0.278 e. The van der Waals surface area contributed by atoms with Gasteiger partial charge >= 0.3 is 0 Å². The lowest BCUT2D eigenvalue weighted by molar-refractivity contribution is -0.122. The van der Waals surface area contributed by atoms with Crippen molar-refractivity contribution in [2.75, 3.05) is 11.4 Å². The van der Waals surface area contributed by atoms with Crippen molar-refractivity contribution < 1.29 is 13.6 Å². The van der Waals surface area contributed by atoms with Gasteiger partial charge in [0.05, 0.1) is 5.56 Å². The standard InChI is InChI=1S/C23H19F2N5O2S/c24-14-8-9-15(16(25)11-14)19-28-21(32)18-22(29-19)33-23(27-18)30-10-4-7-17(30)20(31)26-12-13-5-2-1-3-6-13/h1-3,5-6,8-9,11,17H,4,7,10,12H2,(H,26,31)(H,28,29,32). The van der Waals surface area contributed by atoms with Gasteiger partial charge in [0.2, 0.25) is 5.91 Å². The van der Waals surface area contributed by atoms with Gasteiger partial charge in [-0.1, -0.05) is 41.7 Å². The second-order valence-electron chi connectivity index (χ2n) is 7.74. The Balaban J connectivity index is 1.41. The van der Waals surface area contributed by atoms with Crippen LogP contribution in [0.3, 0.4) is 0 Å². The lowest BCUT2D eigenvalue weighted by Gasteiger charge is -2.23. The van der Waals surface area contributed by atoms with Crippen LogP contribution in [0.25, 0.3) is 21.7 Å². The molecule has 2 aromatic heterocycles. The van der Waals surface area contributed by atoms with Crippen molar-refractivity contribution >= 4 is 32.7 Å². The molecule has 1 fully saturated rings. The fourth-order valence-corrected chi connectivity index (χ4v) is 4.94. The molecule has 1 saturated heterocycles. The van der Waals surface area contributed by atoms with Gasteiger partial charge in [0.25, 0.3) is 5.56 Å². The van der Waals surface area contributed by atoms with E-state index in [1.807, 2.05) is 35.2 Å². The number of carbonyl (C=O) groups excluding carboxylic acids is 1. The maximum absolute atomic E-state index is 14.2. The molecule has 1 atom stereocenters. The summed E-state index contributed by atoms with van der Waals surface area (Å²) >= 11 is 1.17. The Morgan fingerprint density at radius 1 is 1.18 bits per heavy atom. The average Bonchev–Trinajstić information content (AvgIpc) is 3.45. The highest BCUT2D eigenvalue weighted by Gasteiger charge is 2.33. The van der Waals surface area contributed by atoms with Crippen molar-refractivity contribution in [3.05, 3.63) is 76.1 Å². The quantitative estimate of drug-likeness (QED) is 0.468. The summed E-state index contributed by atoms with van der Waals surface area (Å²) in [6.45, 7) is 1.05. The van der Waals surface area contributed by atoms with Crippen molar-refractivity contribution in [2.24, 2.45) is 0 Å². The third-order valence-electron chi connectivity index (χ3n) is 5.56. The Labute approximate surface area is 191 Å². The van der Waals surface area contributed by atoms with Crippen LogP contribution in [0.15, 0.2) is 53.3 Å². The van der Waals surface area contributed by atoms with Crippen LogP contribution >= 0.6 is 11.3 Å². The number of nitrogens with one attached hydrogen (secondary N) is 2. The number of halogens is 2. The SMILES string of the molecule is O=C(NCc1ccccc1)C1CCCN1c1nc2c(=O)[nH]c(-c3ccc(F)cc3F)nc2s1. The molecule has 2 N–H and O–H groups in total. The van der Waals surface area contributed by atoms with Crippen LogP contribution in [0.1, 0.15) is 18.4 Å². The molecule has 0 aliphatic carbocycles. The number of rotatable bonds is 5. The van der Waals surface area contributed by atoms with Gasteiger partial charge in [0, 0.05) is 19.2 Å². The van der Waals surface area contributed by atoms with Gasteiger partial charge in [-0.3, -0.25) is 9.59 Å². The van der Waals surface area contributed by atoms with E-state index in [9.17, 15) is 18.4 Å². The number of benzene rings is 2. The van der Waals surface area contributed by atoms with E-state index in [0.717, 1.165) is 24.1 Å². The average molecular weight is 468 g/mol. The molecule has 7 nitrogen and oxygen atoms in total. The minimum Gasteiger partial charge on any atom is -0.350 e. The Hall–Kier alpha value is -3.66. The summed E-state index contributed by atoms with van der Waals surface area (Å²) in [5.41, 5.74) is 0.596. The number of hydrogen-bond acceptors (Lipinski definition) is 6. The zero-order valence-electron chi connectivity index (χ0n) is 17.3. The van der Waals surface area contributed by atoms with E-state index in [1.165, 1.54) is 17.4 Å². The second-order valence-corrected chi connectivity index (χ2v) is 8.70. The molecule has 10 heteroatoms. The van der Waals surface area contributed by atoms with E-state index >= 15 is 0 Å². The summed E-state index contributed by atoms with van der Waals surface area (Å²) < 4.78 is 27.4. The van der Waals surface area contributed by atoms with E-state index in [1.54, 1.807) is 0 Å². The van der Waals surface area contributed by atoms with E-state index in [2.05, 4.69) is 20.3 Å². The van der Waals surface area contributed by atoms with E-state index in [4.69, 9.17) is 0 Å². The zero-order valence-corrected chi connectivity index (χ0v) is 18.2. The predicted molar refractivity (Wildman–Crippen MR) is 122 cm³/mol. The van der Waals surface area contributed by atoms with Gasteiger partial charge in [-0.25, -0.2) is 18.7 Å². The molecule has 1 aliphatic rings. The number of hydrogen-bond donors (Lipinski definition) is 2. The highest BCUT2D eigenvalue weighted by atomic mass is 32.1. The lowest BCUT2D eigenvalue weighted by Crippen LogP contribution is -2.43. The van der Waals surface area contributed by atoms with Crippen molar-refractivity contribution in [3.8, 4) is 11.4 Å². The molecule has 0 bridgehead atoms. The molecular formula is C23H19F2N5O2S. The molecule has 1 amide bonds. The lowest BCUT2D eigenvalue weighted by atomic mass is 10.2. The summed E-state index contributed by atoms with van der Waals surface area (Å²) in [5.74, 6) is -1.65. The van der Waals surface area contributed by atoms with Crippen LogP contribution in [-0.2, 0) is 11.3 Å². The van der Waals surface area contributed by atoms with Crippen molar-refractivity contribution in [3.63, 3.8) is 0 Å². The number of fused-ring (bicyclic) bond motifs is 1. The first-order valence-electron chi connectivity index (χ1n) is 10.4. The number of carbonyl (C=O) groups is 1. The van der Waals surface area contributed by atoms with Crippen molar-refractivity contribution in [1.82, 2.24) is 20.3 Å². The van der Waals surface area contributed by atoms with E-state index in [-0.39, 0.29) is 22.8 Å². The number of thiazole rings is 1. The van der Waals surface area contributed by atoms with E-state index in [0.29, 0.717) is 29.5 Å². The maximum Gasteiger partial charge on any atom is 0.278 e. The van der Waals surface area contributed by atoms with Crippen LogP contribution in [-0.4, -0.2) is 33.4 Å². The number of aromatic amines is 1. The van der Waals surface area contributed by atoms with Crippen LogP contribution in [0.2, 0.25) is 0 Å². The molecule has 1 unspecified atom stereocenters. The van der Waals surface area contributed by atoms with Crippen LogP contribution in [0.5, 0.6) is 0 Å².